The lowest BCUT2D eigenvalue weighted by atomic mass is 9.97. The van der Waals surface area contributed by atoms with Gasteiger partial charge in [0.15, 0.2) is 0 Å². The summed E-state index contributed by atoms with van der Waals surface area (Å²) in [6.45, 7) is 0.534. The van der Waals surface area contributed by atoms with Gasteiger partial charge in [-0.05, 0) is 24.5 Å². The first-order chi connectivity index (χ1) is 8.24. The van der Waals surface area contributed by atoms with Crippen molar-refractivity contribution in [3.8, 4) is 0 Å². The molecule has 1 heterocycles. The second-order valence-electron chi connectivity index (χ2n) is 4.78. The molecule has 17 heavy (non-hydrogen) atoms. The topological polar surface area (TPSA) is 68.0 Å². The van der Waals surface area contributed by atoms with Crippen molar-refractivity contribution in [3.05, 3.63) is 30.1 Å². The molecular weight excluding hydrogens is 214 g/mol. The van der Waals surface area contributed by atoms with Gasteiger partial charge in [-0.25, -0.2) is 0 Å². The van der Waals surface area contributed by atoms with Crippen molar-refractivity contribution >= 4 is 5.91 Å². The maximum Gasteiger partial charge on any atom is 0.224 e. The Morgan fingerprint density at radius 2 is 2.24 bits per heavy atom. The first-order valence-electron chi connectivity index (χ1n) is 6.14. The molecule has 0 spiro atoms. The molecule has 1 aliphatic carbocycles. The highest BCUT2D eigenvalue weighted by Crippen LogP contribution is 2.28. The summed E-state index contributed by atoms with van der Waals surface area (Å²) in [7, 11) is 0. The first kappa shape index (κ1) is 12.0. The van der Waals surface area contributed by atoms with Crippen molar-refractivity contribution in [2.75, 3.05) is 6.54 Å². The molecule has 0 radical (unpaired) electrons. The van der Waals surface area contributed by atoms with Gasteiger partial charge in [-0.15, -0.1) is 0 Å². The molecule has 2 rings (SSSR count). The number of nitrogens with one attached hydrogen (secondary N) is 1. The van der Waals surface area contributed by atoms with Crippen LogP contribution in [0.25, 0.3) is 0 Å². The standard InChI is InChI=1S/C13H19N3O/c14-10-13(5-1-2-6-13)16-12(17)8-11-4-3-7-15-9-11/h3-4,7,9H,1-2,5-6,8,10,14H2,(H,16,17). The van der Waals surface area contributed by atoms with Crippen molar-refractivity contribution in [2.24, 2.45) is 5.73 Å². The van der Waals surface area contributed by atoms with E-state index in [9.17, 15) is 4.79 Å². The van der Waals surface area contributed by atoms with Gasteiger partial charge in [-0.3, -0.25) is 9.78 Å². The van der Waals surface area contributed by atoms with Crippen molar-refractivity contribution in [3.63, 3.8) is 0 Å². The minimum absolute atomic E-state index is 0.0466. The van der Waals surface area contributed by atoms with Crippen LogP contribution in [0, 0.1) is 0 Å². The average Bonchev–Trinajstić information content (AvgIpc) is 2.79. The number of hydrogen-bond donors (Lipinski definition) is 2. The van der Waals surface area contributed by atoms with Gasteiger partial charge in [0.25, 0.3) is 0 Å². The Hall–Kier alpha value is -1.42. The maximum atomic E-state index is 11.9. The number of aromatic nitrogens is 1. The van der Waals surface area contributed by atoms with Crippen LogP contribution >= 0.6 is 0 Å². The Morgan fingerprint density at radius 3 is 2.82 bits per heavy atom. The third kappa shape index (κ3) is 3.03. The van der Waals surface area contributed by atoms with Crippen LogP contribution in [-0.2, 0) is 11.2 Å². The molecule has 1 aliphatic rings. The zero-order chi connectivity index (χ0) is 12.1. The quantitative estimate of drug-likeness (QED) is 0.815. The molecule has 4 nitrogen and oxygen atoms in total. The monoisotopic (exact) mass is 233 g/mol. The molecule has 1 aromatic heterocycles. The number of nitrogens with zero attached hydrogens (tertiary/aromatic N) is 1. The first-order valence-corrected chi connectivity index (χ1v) is 6.14. The fourth-order valence-electron chi connectivity index (χ4n) is 2.46. The predicted molar refractivity (Wildman–Crippen MR) is 66.3 cm³/mol. The molecule has 92 valence electrons. The predicted octanol–water partition coefficient (Wildman–Crippen LogP) is 1.01. The number of carbonyl (C=O) groups is 1. The highest BCUT2D eigenvalue weighted by molar-refractivity contribution is 5.79. The summed E-state index contributed by atoms with van der Waals surface area (Å²) in [6, 6.07) is 3.76. The van der Waals surface area contributed by atoms with E-state index in [0.29, 0.717) is 13.0 Å². The van der Waals surface area contributed by atoms with E-state index in [1.807, 2.05) is 12.1 Å². The van der Waals surface area contributed by atoms with E-state index in [0.717, 1.165) is 31.2 Å². The molecule has 0 saturated heterocycles. The molecule has 3 N–H and O–H groups in total. The number of amides is 1. The molecule has 0 unspecified atom stereocenters. The molecule has 1 saturated carbocycles. The van der Waals surface area contributed by atoms with Crippen LogP contribution in [0.15, 0.2) is 24.5 Å². The van der Waals surface area contributed by atoms with Crippen molar-refractivity contribution < 1.29 is 4.79 Å². The molecule has 1 amide bonds. The molecule has 1 aromatic rings. The Bertz CT molecular complexity index is 372. The van der Waals surface area contributed by atoms with Gasteiger partial charge >= 0.3 is 0 Å². The fraction of sp³-hybridized carbons (Fsp3) is 0.538. The summed E-state index contributed by atoms with van der Waals surface area (Å²) in [5.74, 6) is 0.0466. The van der Waals surface area contributed by atoms with E-state index < -0.39 is 0 Å². The second kappa shape index (κ2) is 5.27. The molecule has 0 aliphatic heterocycles. The number of nitrogens with two attached hydrogens (primary N) is 1. The van der Waals surface area contributed by atoms with Crippen molar-refractivity contribution in [1.82, 2.24) is 10.3 Å². The smallest absolute Gasteiger partial charge is 0.224 e. The Morgan fingerprint density at radius 1 is 1.47 bits per heavy atom. The highest BCUT2D eigenvalue weighted by Gasteiger charge is 2.33. The summed E-state index contributed by atoms with van der Waals surface area (Å²) < 4.78 is 0. The van der Waals surface area contributed by atoms with E-state index in [1.54, 1.807) is 12.4 Å². The largest absolute Gasteiger partial charge is 0.349 e. The summed E-state index contributed by atoms with van der Waals surface area (Å²) in [5.41, 5.74) is 6.57. The van der Waals surface area contributed by atoms with E-state index >= 15 is 0 Å². The van der Waals surface area contributed by atoms with Crippen LogP contribution in [0.2, 0.25) is 0 Å². The van der Waals surface area contributed by atoms with E-state index in [1.165, 1.54) is 0 Å². The van der Waals surface area contributed by atoms with E-state index in [2.05, 4.69) is 10.3 Å². The molecular formula is C13H19N3O. The van der Waals surface area contributed by atoms with E-state index in [4.69, 9.17) is 5.73 Å². The highest BCUT2D eigenvalue weighted by atomic mass is 16.1. The van der Waals surface area contributed by atoms with E-state index in [-0.39, 0.29) is 11.4 Å². The Balaban J connectivity index is 1.93. The van der Waals surface area contributed by atoms with Gasteiger partial charge in [-0.1, -0.05) is 18.9 Å². The summed E-state index contributed by atoms with van der Waals surface area (Å²) >= 11 is 0. The lowest BCUT2D eigenvalue weighted by Gasteiger charge is -2.28. The van der Waals surface area contributed by atoms with Gasteiger partial charge in [-0.2, -0.15) is 0 Å². The van der Waals surface area contributed by atoms with Crippen LogP contribution < -0.4 is 11.1 Å². The van der Waals surface area contributed by atoms with Crippen LogP contribution in [0.4, 0.5) is 0 Å². The number of hydrogen-bond acceptors (Lipinski definition) is 3. The number of rotatable bonds is 4. The fourth-order valence-corrected chi connectivity index (χ4v) is 2.46. The zero-order valence-electron chi connectivity index (χ0n) is 9.98. The molecule has 1 fully saturated rings. The minimum Gasteiger partial charge on any atom is -0.349 e. The van der Waals surface area contributed by atoms with Gasteiger partial charge in [0.2, 0.25) is 5.91 Å². The SMILES string of the molecule is NCC1(NC(=O)Cc2cccnc2)CCCC1. The molecule has 0 bridgehead atoms. The molecule has 0 aromatic carbocycles. The van der Waals surface area contributed by atoms with Crippen LogP contribution in [0.5, 0.6) is 0 Å². The minimum atomic E-state index is -0.153. The zero-order valence-corrected chi connectivity index (χ0v) is 9.98. The second-order valence-corrected chi connectivity index (χ2v) is 4.78. The van der Waals surface area contributed by atoms with Crippen molar-refractivity contribution in [1.29, 1.82) is 0 Å². The van der Waals surface area contributed by atoms with Gasteiger partial charge < -0.3 is 11.1 Å². The van der Waals surface area contributed by atoms with Crippen molar-refractivity contribution in [2.45, 2.75) is 37.6 Å². The Kier molecular flexibility index (Phi) is 3.74. The van der Waals surface area contributed by atoms with Crippen LogP contribution in [-0.4, -0.2) is 23.0 Å². The van der Waals surface area contributed by atoms with Crippen LogP contribution in [0.1, 0.15) is 31.2 Å². The lowest BCUT2D eigenvalue weighted by Crippen LogP contribution is -2.52. The molecule has 0 atom stereocenters. The third-order valence-electron chi connectivity index (χ3n) is 3.44. The average molecular weight is 233 g/mol. The normalized spacial score (nSPS) is 17.9. The van der Waals surface area contributed by atoms with Gasteiger partial charge in [0.05, 0.1) is 12.0 Å². The molecule has 4 heteroatoms. The van der Waals surface area contributed by atoms with Gasteiger partial charge in [0.1, 0.15) is 0 Å². The summed E-state index contributed by atoms with van der Waals surface area (Å²) in [5, 5.41) is 3.10. The third-order valence-corrected chi connectivity index (χ3v) is 3.44. The summed E-state index contributed by atoms with van der Waals surface area (Å²) in [6.07, 6.45) is 8.14. The Labute approximate surface area is 102 Å². The summed E-state index contributed by atoms with van der Waals surface area (Å²) in [4.78, 5) is 15.9. The van der Waals surface area contributed by atoms with Gasteiger partial charge in [0, 0.05) is 18.9 Å². The number of carbonyl (C=O) groups excluding carboxylic acids is 1. The van der Waals surface area contributed by atoms with Crippen LogP contribution in [0.3, 0.4) is 0 Å². The maximum absolute atomic E-state index is 11.9. The lowest BCUT2D eigenvalue weighted by molar-refractivity contribution is -0.122. The number of pyridine rings is 1.